The Morgan fingerprint density at radius 1 is 1.04 bits per heavy atom. The normalized spacial score (nSPS) is 11.1. The number of benzene rings is 1. The minimum Gasteiger partial charge on any atom is -0.496 e. The lowest BCUT2D eigenvalue weighted by Gasteiger charge is -2.12. The first-order valence-corrected chi connectivity index (χ1v) is 9.32. The van der Waals surface area contributed by atoms with E-state index in [2.05, 4.69) is 46.4 Å². The molecule has 0 unspecified atom stereocenters. The van der Waals surface area contributed by atoms with Gasteiger partial charge in [-0.25, -0.2) is 4.98 Å². The number of nitrogens with one attached hydrogen (secondary N) is 1. The van der Waals surface area contributed by atoms with Gasteiger partial charge in [-0.05, 0) is 41.8 Å². The zero-order valence-corrected chi connectivity index (χ0v) is 16.3. The molecule has 0 spiro atoms. The highest BCUT2D eigenvalue weighted by molar-refractivity contribution is 5.82. The number of rotatable bonds is 6. The Labute approximate surface area is 164 Å². The van der Waals surface area contributed by atoms with Crippen molar-refractivity contribution in [2.75, 3.05) is 12.4 Å². The maximum Gasteiger partial charge on any atom is 0.165 e. The van der Waals surface area contributed by atoms with E-state index in [1.165, 1.54) is 5.56 Å². The average molecular weight is 373 g/mol. The molecule has 0 bridgehead atoms. The molecule has 0 aliphatic carbocycles. The molecular formula is C22H23N5O. The van der Waals surface area contributed by atoms with Crippen LogP contribution >= 0.6 is 0 Å². The first-order chi connectivity index (χ1) is 13.7. The van der Waals surface area contributed by atoms with Gasteiger partial charge in [-0.15, -0.1) is 0 Å². The highest BCUT2D eigenvalue weighted by Crippen LogP contribution is 2.35. The molecule has 4 aromatic rings. The molecular weight excluding hydrogens is 350 g/mol. The molecule has 142 valence electrons. The van der Waals surface area contributed by atoms with Gasteiger partial charge in [0.1, 0.15) is 11.6 Å². The summed E-state index contributed by atoms with van der Waals surface area (Å²) in [6, 6.07) is 14.1. The lowest BCUT2D eigenvalue weighted by molar-refractivity contribution is 0.416. The number of pyridine rings is 1. The molecule has 1 aromatic carbocycles. The summed E-state index contributed by atoms with van der Waals surface area (Å²) in [5, 5.41) is 7.97. The van der Waals surface area contributed by atoms with Gasteiger partial charge >= 0.3 is 0 Å². The molecule has 6 nitrogen and oxygen atoms in total. The third kappa shape index (κ3) is 3.41. The van der Waals surface area contributed by atoms with Crippen molar-refractivity contribution in [3.05, 3.63) is 72.3 Å². The molecule has 0 saturated heterocycles. The summed E-state index contributed by atoms with van der Waals surface area (Å²) in [7, 11) is 1.69. The van der Waals surface area contributed by atoms with E-state index in [1.54, 1.807) is 19.5 Å². The van der Waals surface area contributed by atoms with E-state index in [4.69, 9.17) is 4.74 Å². The summed E-state index contributed by atoms with van der Waals surface area (Å²) in [5.74, 6) is 2.10. The van der Waals surface area contributed by atoms with Gasteiger partial charge in [-0.2, -0.15) is 9.61 Å². The van der Waals surface area contributed by atoms with E-state index in [1.807, 2.05) is 41.0 Å². The minimum atomic E-state index is 0.426. The Bertz CT molecular complexity index is 1090. The molecule has 0 aliphatic rings. The molecule has 0 saturated carbocycles. The zero-order chi connectivity index (χ0) is 19.5. The van der Waals surface area contributed by atoms with Crippen molar-refractivity contribution >= 4 is 11.5 Å². The van der Waals surface area contributed by atoms with Gasteiger partial charge < -0.3 is 10.1 Å². The summed E-state index contributed by atoms with van der Waals surface area (Å²) < 4.78 is 7.42. The van der Waals surface area contributed by atoms with Gasteiger partial charge in [0.05, 0.1) is 31.1 Å². The Kier molecular flexibility index (Phi) is 4.93. The second-order valence-electron chi connectivity index (χ2n) is 6.91. The van der Waals surface area contributed by atoms with E-state index < -0.39 is 0 Å². The van der Waals surface area contributed by atoms with Crippen LogP contribution in [-0.2, 0) is 6.54 Å². The van der Waals surface area contributed by atoms with Crippen LogP contribution in [0.3, 0.4) is 0 Å². The van der Waals surface area contributed by atoms with Gasteiger partial charge in [-0.3, -0.25) is 4.98 Å². The second kappa shape index (κ2) is 7.68. The summed E-state index contributed by atoms with van der Waals surface area (Å²) >= 11 is 0. The largest absolute Gasteiger partial charge is 0.496 e. The molecule has 0 aliphatic heterocycles. The van der Waals surface area contributed by atoms with Crippen LogP contribution in [0.2, 0.25) is 0 Å². The van der Waals surface area contributed by atoms with Gasteiger partial charge in [0.15, 0.2) is 5.65 Å². The van der Waals surface area contributed by atoms with E-state index in [-0.39, 0.29) is 0 Å². The summed E-state index contributed by atoms with van der Waals surface area (Å²) in [4.78, 5) is 8.92. The van der Waals surface area contributed by atoms with Crippen LogP contribution in [0, 0.1) is 0 Å². The van der Waals surface area contributed by atoms with Gasteiger partial charge in [0, 0.05) is 18.0 Å². The highest BCUT2D eigenvalue weighted by atomic mass is 16.5. The van der Waals surface area contributed by atoms with Gasteiger partial charge in [-0.1, -0.05) is 26.0 Å². The number of fused-ring (bicyclic) bond motifs is 1. The fourth-order valence-electron chi connectivity index (χ4n) is 3.19. The van der Waals surface area contributed by atoms with E-state index >= 15 is 0 Å². The number of anilines is 1. The van der Waals surface area contributed by atoms with E-state index in [0.717, 1.165) is 34.0 Å². The number of aromatic nitrogens is 4. The van der Waals surface area contributed by atoms with Crippen LogP contribution in [0.5, 0.6) is 5.75 Å². The Balaban J connectivity index is 1.73. The fourth-order valence-corrected chi connectivity index (χ4v) is 3.19. The van der Waals surface area contributed by atoms with Gasteiger partial charge in [0.2, 0.25) is 0 Å². The smallest absolute Gasteiger partial charge is 0.165 e. The lowest BCUT2D eigenvalue weighted by atomic mass is 9.97. The van der Waals surface area contributed by atoms with Crippen molar-refractivity contribution in [3.63, 3.8) is 0 Å². The SMILES string of the molecule is COc1ccc(C(C)C)cc1-c1cnn2c(NCc3ccccn3)ccnc12. The second-order valence-corrected chi connectivity index (χ2v) is 6.91. The number of methoxy groups -OCH3 is 1. The quantitative estimate of drug-likeness (QED) is 0.538. The molecule has 3 aromatic heterocycles. The van der Waals surface area contributed by atoms with E-state index in [9.17, 15) is 0 Å². The topological polar surface area (TPSA) is 64.3 Å². The fraction of sp³-hybridized carbons (Fsp3) is 0.227. The lowest BCUT2D eigenvalue weighted by Crippen LogP contribution is -2.06. The predicted molar refractivity (Wildman–Crippen MR) is 111 cm³/mol. The maximum absolute atomic E-state index is 5.60. The van der Waals surface area contributed by atoms with E-state index in [0.29, 0.717) is 12.5 Å². The first-order valence-electron chi connectivity index (χ1n) is 9.32. The van der Waals surface area contributed by atoms with Crippen molar-refractivity contribution in [2.45, 2.75) is 26.3 Å². The summed E-state index contributed by atoms with van der Waals surface area (Å²) in [6.45, 7) is 4.97. The zero-order valence-electron chi connectivity index (χ0n) is 16.3. The van der Waals surface area contributed by atoms with Crippen molar-refractivity contribution in [1.29, 1.82) is 0 Å². The highest BCUT2D eigenvalue weighted by Gasteiger charge is 2.16. The molecule has 4 rings (SSSR count). The van der Waals surface area contributed by atoms with Crippen molar-refractivity contribution in [3.8, 4) is 16.9 Å². The van der Waals surface area contributed by atoms with Crippen LogP contribution in [-0.4, -0.2) is 26.7 Å². The standard InChI is InChI=1S/C22H23N5O/c1-15(2)16-7-8-20(28-3)18(12-16)19-14-26-27-21(9-11-24-22(19)27)25-13-17-6-4-5-10-23-17/h4-12,14-15,25H,13H2,1-3H3. The third-order valence-corrected chi connectivity index (χ3v) is 4.76. The van der Waals surface area contributed by atoms with Crippen LogP contribution in [0.25, 0.3) is 16.8 Å². The summed E-state index contributed by atoms with van der Waals surface area (Å²) in [6.07, 6.45) is 5.43. The number of nitrogens with zero attached hydrogens (tertiary/aromatic N) is 4. The van der Waals surface area contributed by atoms with Crippen LogP contribution in [0.15, 0.2) is 61.1 Å². The van der Waals surface area contributed by atoms with Crippen LogP contribution < -0.4 is 10.1 Å². The minimum absolute atomic E-state index is 0.426. The number of hydrogen-bond acceptors (Lipinski definition) is 5. The maximum atomic E-state index is 5.60. The Morgan fingerprint density at radius 3 is 2.68 bits per heavy atom. The van der Waals surface area contributed by atoms with Crippen molar-refractivity contribution < 1.29 is 4.74 Å². The van der Waals surface area contributed by atoms with Gasteiger partial charge in [0.25, 0.3) is 0 Å². The molecule has 0 radical (unpaired) electrons. The molecule has 1 N–H and O–H groups in total. The Morgan fingerprint density at radius 2 is 1.93 bits per heavy atom. The first kappa shape index (κ1) is 18.0. The predicted octanol–water partition coefficient (Wildman–Crippen LogP) is 4.54. The number of hydrogen-bond donors (Lipinski definition) is 1. The molecule has 0 amide bonds. The molecule has 0 fully saturated rings. The molecule has 0 atom stereocenters. The summed E-state index contributed by atoms with van der Waals surface area (Å²) in [5.41, 5.74) is 4.94. The number of ether oxygens (including phenoxy) is 1. The molecule has 3 heterocycles. The monoisotopic (exact) mass is 373 g/mol. The average Bonchev–Trinajstić information content (AvgIpc) is 3.17. The molecule has 28 heavy (non-hydrogen) atoms. The molecule has 6 heteroatoms. The van der Waals surface area contributed by atoms with Crippen LogP contribution in [0.4, 0.5) is 5.82 Å². The van der Waals surface area contributed by atoms with Crippen molar-refractivity contribution in [2.24, 2.45) is 0 Å². The Hall–Kier alpha value is -3.41. The van der Waals surface area contributed by atoms with Crippen LogP contribution in [0.1, 0.15) is 31.0 Å². The third-order valence-electron chi connectivity index (χ3n) is 4.76. The van der Waals surface area contributed by atoms with Crippen molar-refractivity contribution in [1.82, 2.24) is 19.6 Å².